The molecule has 0 aliphatic carbocycles. The molecule has 2 unspecified atom stereocenters. The predicted molar refractivity (Wildman–Crippen MR) is 73.4 cm³/mol. The van der Waals surface area contributed by atoms with Crippen molar-refractivity contribution in [2.75, 3.05) is 32.7 Å². The van der Waals surface area contributed by atoms with Crippen molar-refractivity contribution in [2.24, 2.45) is 0 Å². The molecule has 0 bridgehead atoms. The van der Waals surface area contributed by atoms with Gasteiger partial charge in [-0.2, -0.15) is 0 Å². The van der Waals surface area contributed by atoms with Crippen LogP contribution in [0.4, 0.5) is 0 Å². The van der Waals surface area contributed by atoms with Gasteiger partial charge in [0.2, 0.25) is 0 Å². The number of hydrogen-bond donors (Lipinski definition) is 2. The Balaban J connectivity index is 1.57. The van der Waals surface area contributed by atoms with Gasteiger partial charge in [-0.25, -0.2) is 0 Å². The zero-order chi connectivity index (χ0) is 11.9. The fraction of sp³-hybridized carbons (Fsp3) is 1.00. The standard InChI is InChI=1S/C14H29N3/c1-13(17-9-5-2-6-10-17)11-15-12-14-7-3-4-8-16-14/h13-16H,2-12H2,1H3. The van der Waals surface area contributed by atoms with Crippen LogP contribution in [0, 0.1) is 0 Å². The van der Waals surface area contributed by atoms with Gasteiger partial charge in [-0.1, -0.05) is 12.8 Å². The normalized spacial score (nSPS) is 29.1. The average molecular weight is 239 g/mol. The first-order valence-electron chi connectivity index (χ1n) is 7.54. The molecule has 2 aliphatic heterocycles. The molecule has 0 amide bonds. The van der Waals surface area contributed by atoms with E-state index in [1.807, 2.05) is 0 Å². The third kappa shape index (κ3) is 4.57. The van der Waals surface area contributed by atoms with Crippen LogP contribution in [0.3, 0.4) is 0 Å². The number of likely N-dealkylation sites (tertiary alicyclic amines) is 1. The van der Waals surface area contributed by atoms with Crippen LogP contribution in [0.2, 0.25) is 0 Å². The molecule has 2 heterocycles. The smallest absolute Gasteiger partial charge is 0.0192 e. The van der Waals surface area contributed by atoms with E-state index in [-0.39, 0.29) is 0 Å². The molecule has 0 saturated carbocycles. The molecular formula is C14H29N3. The molecule has 2 N–H and O–H groups in total. The van der Waals surface area contributed by atoms with Gasteiger partial charge in [-0.15, -0.1) is 0 Å². The molecule has 3 heteroatoms. The Labute approximate surface area is 106 Å². The summed E-state index contributed by atoms with van der Waals surface area (Å²) in [5, 5.41) is 7.24. The molecule has 0 aromatic carbocycles. The van der Waals surface area contributed by atoms with Gasteiger partial charge in [-0.3, -0.25) is 4.90 Å². The number of nitrogens with zero attached hydrogens (tertiary/aromatic N) is 1. The Morgan fingerprint density at radius 2 is 2.00 bits per heavy atom. The Hall–Kier alpha value is -0.120. The fourth-order valence-corrected chi connectivity index (χ4v) is 3.05. The van der Waals surface area contributed by atoms with E-state index in [2.05, 4.69) is 22.5 Å². The van der Waals surface area contributed by atoms with Gasteiger partial charge in [0, 0.05) is 25.2 Å². The Kier molecular flexibility index (Phi) is 5.75. The minimum atomic E-state index is 0.707. The second-order valence-electron chi connectivity index (χ2n) is 5.75. The zero-order valence-electron chi connectivity index (χ0n) is 11.4. The highest BCUT2D eigenvalue weighted by Crippen LogP contribution is 2.11. The maximum absolute atomic E-state index is 3.65. The summed E-state index contributed by atoms with van der Waals surface area (Å²) < 4.78 is 0. The summed E-state index contributed by atoms with van der Waals surface area (Å²) in [6.07, 6.45) is 8.35. The summed E-state index contributed by atoms with van der Waals surface area (Å²) in [5.74, 6) is 0. The minimum absolute atomic E-state index is 0.707. The summed E-state index contributed by atoms with van der Waals surface area (Å²) >= 11 is 0. The fourth-order valence-electron chi connectivity index (χ4n) is 3.05. The van der Waals surface area contributed by atoms with Crippen LogP contribution < -0.4 is 10.6 Å². The van der Waals surface area contributed by atoms with Crippen LogP contribution in [0.25, 0.3) is 0 Å². The van der Waals surface area contributed by atoms with Crippen LogP contribution in [0.5, 0.6) is 0 Å². The molecule has 2 rings (SSSR count). The summed E-state index contributed by atoms with van der Waals surface area (Å²) in [4.78, 5) is 2.64. The van der Waals surface area contributed by atoms with Gasteiger partial charge >= 0.3 is 0 Å². The monoisotopic (exact) mass is 239 g/mol. The molecule has 2 saturated heterocycles. The molecule has 2 fully saturated rings. The second kappa shape index (κ2) is 7.34. The lowest BCUT2D eigenvalue weighted by molar-refractivity contribution is 0.169. The molecule has 2 atom stereocenters. The van der Waals surface area contributed by atoms with E-state index in [1.165, 1.54) is 58.2 Å². The molecule has 0 aromatic heterocycles. The van der Waals surface area contributed by atoms with E-state index in [9.17, 15) is 0 Å². The molecule has 2 aliphatic rings. The first-order valence-corrected chi connectivity index (χ1v) is 7.54. The number of hydrogen-bond acceptors (Lipinski definition) is 3. The highest BCUT2D eigenvalue weighted by atomic mass is 15.2. The highest BCUT2D eigenvalue weighted by Gasteiger charge is 2.17. The van der Waals surface area contributed by atoms with Gasteiger partial charge in [-0.05, 0) is 52.2 Å². The van der Waals surface area contributed by atoms with Crippen LogP contribution in [-0.4, -0.2) is 49.7 Å². The van der Waals surface area contributed by atoms with Gasteiger partial charge in [0.15, 0.2) is 0 Å². The van der Waals surface area contributed by atoms with E-state index in [0.29, 0.717) is 6.04 Å². The minimum Gasteiger partial charge on any atom is -0.314 e. The van der Waals surface area contributed by atoms with E-state index in [0.717, 1.165) is 19.1 Å². The lowest BCUT2D eigenvalue weighted by atomic mass is 10.0. The van der Waals surface area contributed by atoms with E-state index in [4.69, 9.17) is 0 Å². The van der Waals surface area contributed by atoms with Crippen LogP contribution in [0.1, 0.15) is 45.4 Å². The zero-order valence-corrected chi connectivity index (χ0v) is 11.4. The first-order chi connectivity index (χ1) is 8.36. The van der Waals surface area contributed by atoms with Gasteiger partial charge in [0.05, 0.1) is 0 Å². The van der Waals surface area contributed by atoms with E-state index < -0.39 is 0 Å². The summed E-state index contributed by atoms with van der Waals surface area (Å²) in [7, 11) is 0. The maximum Gasteiger partial charge on any atom is 0.0192 e. The largest absolute Gasteiger partial charge is 0.314 e. The SMILES string of the molecule is CC(CNCC1CCCCN1)N1CCCCC1. The number of piperidine rings is 2. The summed E-state index contributed by atoms with van der Waals surface area (Å²) in [6.45, 7) is 8.51. The van der Waals surface area contributed by atoms with Crippen LogP contribution >= 0.6 is 0 Å². The Morgan fingerprint density at radius 3 is 2.71 bits per heavy atom. The topological polar surface area (TPSA) is 27.3 Å². The lowest BCUT2D eigenvalue weighted by Gasteiger charge is -2.33. The molecule has 0 aromatic rings. The third-order valence-corrected chi connectivity index (χ3v) is 4.26. The molecule has 3 nitrogen and oxygen atoms in total. The lowest BCUT2D eigenvalue weighted by Crippen LogP contribution is -2.47. The van der Waals surface area contributed by atoms with Crippen molar-refractivity contribution < 1.29 is 0 Å². The van der Waals surface area contributed by atoms with Crippen molar-refractivity contribution in [1.82, 2.24) is 15.5 Å². The number of nitrogens with one attached hydrogen (secondary N) is 2. The van der Waals surface area contributed by atoms with E-state index in [1.54, 1.807) is 0 Å². The van der Waals surface area contributed by atoms with Crippen molar-refractivity contribution in [2.45, 2.75) is 57.5 Å². The summed E-state index contributed by atoms with van der Waals surface area (Å²) in [5.41, 5.74) is 0. The van der Waals surface area contributed by atoms with Crippen molar-refractivity contribution in [3.8, 4) is 0 Å². The average Bonchev–Trinajstić information content (AvgIpc) is 2.41. The van der Waals surface area contributed by atoms with Crippen molar-refractivity contribution in [3.63, 3.8) is 0 Å². The molecule has 0 radical (unpaired) electrons. The molecule has 100 valence electrons. The maximum atomic E-state index is 3.65. The van der Waals surface area contributed by atoms with Crippen molar-refractivity contribution in [3.05, 3.63) is 0 Å². The van der Waals surface area contributed by atoms with Crippen LogP contribution in [-0.2, 0) is 0 Å². The van der Waals surface area contributed by atoms with Crippen molar-refractivity contribution in [1.29, 1.82) is 0 Å². The molecule has 0 spiro atoms. The highest BCUT2D eigenvalue weighted by molar-refractivity contribution is 4.77. The molecule has 17 heavy (non-hydrogen) atoms. The quantitative estimate of drug-likeness (QED) is 0.763. The summed E-state index contributed by atoms with van der Waals surface area (Å²) in [6, 6.07) is 1.43. The second-order valence-corrected chi connectivity index (χ2v) is 5.75. The third-order valence-electron chi connectivity index (χ3n) is 4.26. The van der Waals surface area contributed by atoms with E-state index >= 15 is 0 Å². The Bertz CT molecular complexity index is 196. The first kappa shape index (κ1) is 13.3. The number of rotatable bonds is 5. The van der Waals surface area contributed by atoms with Crippen molar-refractivity contribution >= 4 is 0 Å². The van der Waals surface area contributed by atoms with Gasteiger partial charge < -0.3 is 10.6 Å². The predicted octanol–water partition coefficient (Wildman–Crippen LogP) is 1.59. The van der Waals surface area contributed by atoms with Gasteiger partial charge in [0.1, 0.15) is 0 Å². The molecular weight excluding hydrogens is 210 g/mol. The van der Waals surface area contributed by atoms with Crippen LogP contribution in [0.15, 0.2) is 0 Å². The van der Waals surface area contributed by atoms with Gasteiger partial charge in [0.25, 0.3) is 0 Å². The Morgan fingerprint density at radius 1 is 1.18 bits per heavy atom.